The first-order valence-electron chi connectivity index (χ1n) is 3.20. The van der Waals surface area contributed by atoms with Crippen molar-refractivity contribution in [2.24, 2.45) is 5.16 Å². The van der Waals surface area contributed by atoms with Gasteiger partial charge in [-0.3, -0.25) is 5.21 Å². The first-order chi connectivity index (χ1) is 5.79. The summed E-state index contributed by atoms with van der Waals surface area (Å²) in [5.41, 5.74) is 1.87. The highest BCUT2D eigenvalue weighted by Gasteiger charge is 2.06. The van der Waals surface area contributed by atoms with Crippen LogP contribution >= 0.6 is 0 Å². The summed E-state index contributed by atoms with van der Waals surface area (Å²) in [6.45, 7) is 0. The molecule has 5 nitrogen and oxygen atoms in total. The van der Waals surface area contributed by atoms with Crippen LogP contribution in [0.15, 0.2) is 29.4 Å². The summed E-state index contributed by atoms with van der Waals surface area (Å²) in [7, 11) is 0. The average molecular weight is 168 g/mol. The van der Waals surface area contributed by atoms with Crippen molar-refractivity contribution in [1.29, 1.82) is 0 Å². The predicted molar refractivity (Wildman–Crippen MR) is 41.4 cm³/mol. The standard InChI is InChI=1S/C7H8N2O3/c10-6-4-2-1-3-5(6)7(8-11)9-12/h1-4,10-12H,(H,8,9). The summed E-state index contributed by atoms with van der Waals surface area (Å²) in [4.78, 5) is 0. The lowest BCUT2D eigenvalue weighted by Gasteiger charge is -2.03. The molecule has 0 fully saturated rings. The van der Waals surface area contributed by atoms with Gasteiger partial charge in [0.05, 0.1) is 5.56 Å². The number of para-hydroxylation sites is 1. The van der Waals surface area contributed by atoms with E-state index in [0.717, 1.165) is 0 Å². The molecule has 0 heterocycles. The minimum atomic E-state index is -0.201. The van der Waals surface area contributed by atoms with Crippen molar-refractivity contribution in [3.63, 3.8) is 0 Å². The molecule has 0 saturated heterocycles. The maximum absolute atomic E-state index is 9.20. The van der Waals surface area contributed by atoms with Gasteiger partial charge in [0.25, 0.3) is 0 Å². The number of aromatic hydroxyl groups is 1. The van der Waals surface area contributed by atoms with Crippen LogP contribution in [0.5, 0.6) is 5.75 Å². The smallest absolute Gasteiger partial charge is 0.199 e. The van der Waals surface area contributed by atoms with Gasteiger partial charge in [-0.1, -0.05) is 17.3 Å². The summed E-state index contributed by atoms with van der Waals surface area (Å²) in [5.74, 6) is -0.278. The Labute approximate surface area is 68.5 Å². The second-order valence-electron chi connectivity index (χ2n) is 2.08. The Kier molecular flexibility index (Phi) is 2.49. The van der Waals surface area contributed by atoms with Crippen LogP contribution in [-0.2, 0) is 0 Å². The van der Waals surface area contributed by atoms with Crippen molar-refractivity contribution < 1.29 is 15.5 Å². The van der Waals surface area contributed by atoms with Crippen molar-refractivity contribution >= 4 is 5.84 Å². The number of hydrogen-bond acceptors (Lipinski definition) is 4. The zero-order valence-electron chi connectivity index (χ0n) is 6.10. The summed E-state index contributed by atoms with van der Waals surface area (Å²) in [6.07, 6.45) is 0. The topological polar surface area (TPSA) is 85.1 Å². The minimum Gasteiger partial charge on any atom is -0.507 e. The van der Waals surface area contributed by atoms with E-state index in [1.54, 1.807) is 17.6 Å². The third-order valence-electron chi connectivity index (χ3n) is 1.37. The molecule has 5 heteroatoms. The Bertz CT molecular complexity index is 298. The molecule has 0 aliphatic rings. The molecule has 12 heavy (non-hydrogen) atoms. The fraction of sp³-hybridized carbons (Fsp3) is 0. The number of rotatable bonds is 1. The summed E-state index contributed by atoms with van der Waals surface area (Å²) in [6, 6.07) is 6.16. The Morgan fingerprint density at radius 2 is 2.00 bits per heavy atom. The van der Waals surface area contributed by atoms with Crippen LogP contribution in [0.3, 0.4) is 0 Å². The number of phenols is 1. The molecule has 0 amide bonds. The van der Waals surface area contributed by atoms with Gasteiger partial charge in [-0.05, 0) is 12.1 Å². The van der Waals surface area contributed by atoms with Crippen LogP contribution < -0.4 is 5.48 Å². The monoisotopic (exact) mass is 168 g/mol. The summed E-state index contributed by atoms with van der Waals surface area (Å²) >= 11 is 0. The molecule has 0 spiro atoms. The fourth-order valence-corrected chi connectivity index (χ4v) is 0.810. The van der Waals surface area contributed by atoms with Crippen LogP contribution in [-0.4, -0.2) is 21.4 Å². The lowest BCUT2D eigenvalue weighted by atomic mass is 10.2. The van der Waals surface area contributed by atoms with Crippen molar-refractivity contribution in [2.75, 3.05) is 0 Å². The number of amidine groups is 1. The highest BCUT2D eigenvalue weighted by Crippen LogP contribution is 2.15. The van der Waals surface area contributed by atoms with Gasteiger partial charge in [-0.15, -0.1) is 0 Å². The molecule has 0 aliphatic carbocycles. The molecule has 64 valence electrons. The number of oxime groups is 1. The zero-order valence-corrected chi connectivity index (χ0v) is 6.10. The van der Waals surface area contributed by atoms with Crippen LogP contribution in [0.1, 0.15) is 5.56 Å². The highest BCUT2D eigenvalue weighted by atomic mass is 16.5. The second-order valence-corrected chi connectivity index (χ2v) is 2.08. The molecule has 0 atom stereocenters. The Morgan fingerprint density at radius 3 is 2.50 bits per heavy atom. The quantitative estimate of drug-likeness (QED) is 0.213. The SMILES string of the molecule is ON=C(NO)c1ccccc1O. The molecule has 0 aliphatic heterocycles. The number of nitrogens with zero attached hydrogens (tertiary/aromatic N) is 1. The van der Waals surface area contributed by atoms with E-state index in [9.17, 15) is 5.11 Å². The minimum absolute atomic E-state index is 0.0770. The van der Waals surface area contributed by atoms with E-state index >= 15 is 0 Å². The van der Waals surface area contributed by atoms with Gasteiger partial charge in [-0.25, -0.2) is 5.48 Å². The van der Waals surface area contributed by atoms with Gasteiger partial charge in [0, 0.05) is 0 Å². The number of hydrogen-bond donors (Lipinski definition) is 4. The van der Waals surface area contributed by atoms with Crippen molar-refractivity contribution in [3.8, 4) is 5.75 Å². The number of benzene rings is 1. The molecule has 0 unspecified atom stereocenters. The van der Waals surface area contributed by atoms with E-state index in [4.69, 9.17) is 10.4 Å². The molecular formula is C7H8N2O3. The van der Waals surface area contributed by atoms with Crippen LogP contribution in [0.25, 0.3) is 0 Å². The lowest BCUT2D eigenvalue weighted by molar-refractivity contribution is 0.223. The first kappa shape index (κ1) is 8.35. The van der Waals surface area contributed by atoms with Gasteiger partial charge in [-0.2, -0.15) is 0 Å². The van der Waals surface area contributed by atoms with Crippen molar-refractivity contribution in [3.05, 3.63) is 29.8 Å². The zero-order chi connectivity index (χ0) is 8.97. The van der Waals surface area contributed by atoms with E-state index < -0.39 is 0 Å². The molecule has 1 rings (SSSR count). The Hall–Kier alpha value is -1.75. The third kappa shape index (κ3) is 1.46. The molecule has 0 radical (unpaired) electrons. The molecular weight excluding hydrogens is 160 g/mol. The lowest BCUT2D eigenvalue weighted by Crippen LogP contribution is -2.20. The van der Waals surface area contributed by atoms with Gasteiger partial charge in [0.15, 0.2) is 5.84 Å². The van der Waals surface area contributed by atoms with Crippen LogP contribution in [0, 0.1) is 0 Å². The van der Waals surface area contributed by atoms with E-state index in [1.165, 1.54) is 12.1 Å². The van der Waals surface area contributed by atoms with Crippen molar-refractivity contribution in [2.45, 2.75) is 0 Å². The van der Waals surface area contributed by atoms with Crippen molar-refractivity contribution in [1.82, 2.24) is 5.48 Å². The van der Waals surface area contributed by atoms with Gasteiger partial charge < -0.3 is 10.3 Å². The second kappa shape index (κ2) is 3.59. The molecule has 4 N–H and O–H groups in total. The summed E-state index contributed by atoms with van der Waals surface area (Å²) in [5, 5.41) is 28.7. The predicted octanol–water partition coefficient (Wildman–Crippen LogP) is 0.507. The van der Waals surface area contributed by atoms with Gasteiger partial charge in [0.2, 0.25) is 0 Å². The maximum atomic E-state index is 9.20. The fourth-order valence-electron chi connectivity index (χ4n) is 0.810. The summed E-state index contributed by atoms with van der Waals surface area (Å²) < 4.78 is 0. The highest BCUT2D eigenvalue weighted by molar-refractivity contribution is 5.99. The Balaban J connectivity index is 3.10. The molecule has 0 aromatic heterocycles. The largest absolute Gasteiger partial charge is 0.507 e. The third-order valence-corrected chi connectivity index (χ3v) is 1.37. The average Bonchev–Trinajstić information content (AvgIpc) is 2.10. The molecule has 1 aromatic carbocycles. The number of hydroxylamine groups is 1. The van der Waals surface area contributed by atoms with Crippen LogP contribution in [0.4, 0.5) is 0 Å². The van der Waals surface area contributed by atoms with E-state index in [1.807, 2.05) is 0 Å². The molecule has 0 saturated carbocycles. The van der Waals surface area contributed by atoms with E-state index in [-0.39, 0.29) is 17.1 Å². The Morgan fingerprint density at radius 1 is 1.33 bits per heavy atom. The maximum Gasteiger partial charge on any atom is 0.199 e. The molecule has 0 bridgehead atoms. The van der Waals surface area contributed by atoms with E-state index in [2.05, 4.69) is 5.16 Å². The normalized spacial score (nSPS) is 11.2. The number of nitrogens with one attached hydrogen (secondary N) is 1. The van der Waals surface area contributed by atoms with Crippen LogP contribution in [0.2, 0.25) is 0 Å². The number of phenolic OH excluding ortho intramolecular Hbond substituents is 1. The first-order valence-corrected chi connectivity index (χ1v) is 3.20. The van der Waals surface area contributed by atoms with Gasteiger partial charge >= 0.3 is 0 Å². The van der Waals surface area contributed by atoms with E-state index in [0.29, 0.717) is 0 Å². The molecule has 1 aromatic rings. The van der Waals surface area contributed by atoms with Gasteiger partial charge in [0.1, 0.15) is 5.75 Å².